The summed E-state index contributed by atoms with van der Waals surface area (Å²) in [7, 11) is -3.44. The molecule has 1 saturated heterocycles. The molecule has 7 nitrogen and oxygen atoms in total. The van der Waals surface area contributed by atoms with Crippen LogP contribution in [0, 0.1) is 0 Å². The summed E-state index contributed by atoms with van der Waals surface area (Å²) in [5.41, 5.74) is 0.283. The van der Waals surface area contributed by atoms with E-state index >= 15 is 0 Å². The van der Waals surface area contributed by atoms with E-state index in [1.807, 2.05) is 0 Å². The molecule has 1 aliphatic heterocycles. The minimum atomic E-state index is -3.44. The highest BCUT2D eigenvalue weighted by atomic mass is 32.2. The van der Waals surface area contributed by atoms with Crippen molar-refractivity contribution in [3.8, 4) is 0 Å². The molecule has 1 aromatic carbocycles. The largest absolute Gasteiger partial charge is 0.444 e. The van der Waals surface area contributed by atoms with Crippen molar-refractivity contribution in [2.45, 2.75) is 45.6 Å². The standard InChI is InChI=1S/C18H29N3O4S/c1-18(2,3)25-17(22)19-15-8-7-9-16(14-15)20-26(23,24)13-12-21-10-5-4-6-11-21/h7-9,14,20H,4-6,10-13H2,1-3H3,(H,19,22). The van der Waals surface area contributed by atoms with Gasteiger partial charge in [-0.25, -0.2) is 13.2 Å². The van der Waals surface area contributed by atoms with Crippen LogP contribution < -0.4 is 10.0 Å². The second kappa shape index (κ2) is 8.73. The highest BCUT2D eigenvalue weighted by molar-refractivity contribution is 7.92. The summed E-state index contributed by atoms with van der Waals surface area (Å²) in [4.78, 5) is 14.0. The van der Waals surface area contributed by atoms with E-state index in [-0.39, 0.29) is 5.75 Å². The number of anilines is 2. The van der Waals surface area contributed by atoms with Crippen LogP contribution in [0.25, 0.3) is 0 Å². The number of likely N-dealkylation sites (tertiary alicyclic amines) is 1. The lowest BCUT2D eigenvalue weighted by Crippen LogP contribution is -2.35. The average molecular weight is 384 g/mol. The monoisotopic (exact) mass is 383 g/mol. The summed E-state index contributed by atoms with van der Waals surface area (Å²) >= 11 is 0. The van der Waals surface area contributed by atoms with Gasteiger partial charge in [0.1, 0.15) is 5.60 Å². The summed E-state index contributed by atoms with van der Waals surface area (Å²) in [6.07, 6.45) is 2.90. The third-order valence-corrected chi connectivity index (χ3v) is 5.17. The molecule has 0 spiro atoms. The fraction of sp³-hybridized carbons (Fsp3) is 0.611. The van der Waals surface area contributed by atoms with Crippen molar-refractivity contribution in [3.05, 3.63) is 24.3 Å². The Morgan fingerprint density at radius 1 is 1.15 bits per heavy atom. The molecule has 8 heteroatoms. The van der Waals surface area contributed by atoms with Gasteiger partial charge in [-0.1, -0.05) is 12.5 Å². The Morgan fingerprint density at radius 3 is 2.46 bits per heavy atom. The molecule has 26 heavy (non-hydrogen) atoms. The number of carbonyl (C=O) groups is 1. The van der Waals surface area contributed by atoms with Crippen LogP contribution in [0.2, 0.25) is 0 Å². The molecule has 0 bridgehead atoms. The van der Waals surface area contributed by atoms with Gasteiger partial charge in [-0.05, 0) is 64.9 Å². The van der Waals surface area contributed by atoms with Gasteiger partial charge >= 0.3 is 6.09 Å². The number of rotatable bonds is 6. The number of amides is 1. The maximum absolute atomic E-state index is 12.3. The van der Waals surface area contributed by atoms with Crippen molar-refractivity contribution >= 4 is 27.5 Å². The zero-order valence-corrected chi connectivity index (χ0v) is 16.6. The predicted octanol–water partition coefficient (Wildman–Crippen LogP) is 3.26. The Hall–Kier alpha value is -1.80. The molecule has 1 aromatic rings. The minimum Gasteiger partial charge on any atom is -0.444 e. The van der Waals surface area contributed by atoms with Gasteiger partial charge in [0.15, 0.2) is 0 Å². The van der Waals surface area contributed by atoms with E-state index in [1.54, 1.807) is 45.0 Å². The molecule has 2 N–H and O–H groups in total. The molecule has 0 atom stereocenters. The summed E-state index contributed by atoms with van der Waals surface area (Å²) < 4.78 is 32.4. The van der Waals surface area contributed by atoms with Crippen LogP contribution in [0.15, 0.2) is 24.3 Å². The first-order chi connectivity index (χ1) is 12.1. The molecule has 1 amide bonds. The van der Waals surface area contributed by atoms with E-state index in [1.165, 1.54) is 6.42 Å². The number of piperidine rings is 1. The van der Waals surface area contributed by atoms with Crippen LogP contribution in [0.4, 0.5) is 16.2 Å². The molecule has 0 aliphatic carbocycles. The van der Waals surface area contributed by atoms with Crippen molar-refractivity contribution in [2.75, 3.05) is 35.4 Å². The second-order valence-corrected chi connectivity index (χ2v) is 9.37. The Morgan fingerprint density at radius 2 is 1.81 bits per heavy atom. The van der Waals surface area contributed by atoms with Crippen LogP contribution in [0.1, 0.15) is 40.0 Å². The zero-order chi connectivity index (χ0) is 19.2. The fourth-order valence-corrected chi connectivity index (χ4v) is 3.83. The Balaban J connectivity index is 1.90. The predicted molar refractivity (Wildman–Crippen MR) is 104 cm³/mol. The fourth-order valence-electron chi connectivity index (χ4n) is 2.74. The summed E-state index contributed by atoms with van der Waals surface area (Å²) in [6.45, 7) is 7.79. The Labute approximate surface area is 156 Å². The first kappa shape index (κ1) is 20.5. The first-order valence-corrected chi connectivity index (χ1v) is 10.6. The van der Waals surface area contributed by atoms with Gasteiger partial charge in [0.25, 0.3) is 0 Å². The van der Waals surface area contributed by atoms with Gasteiger partial charge < -0.3 is 9.64 Å². The summed E-state index contributed by atoms with van der Waals surface area (Å²) in [6, 6.07) is 6.58. The molecular weight excluding hydrogens is 354 g/mol. The first-order valence-electron chi connectivity index (χ1n) is 8.96. The number of benzene rings is 1. The van der Waals surface area contributed by atoms with Gasteiger partial charge in [-0.15, -0.1) is 0 Å². The highest BCUT2D eigenvalue weighted by Gasteiger charge is 2.18. The third-order valence-electron chi connectivity index (χ3n) is 3.91. The van der Waals surface area contributed by atoms with Crippen molar-refractivity contribution < 1.29 is 17.9 Å². The third kappa shape index (κ3) is 7.61. The number of nitrogens with zero attached hydrogens (tertiary/aromatic N) is 1. The molecule has 0 aromatic heterocycles. The molecule has 0 unspecified atom stereocenters. The van der Waals surface area contributed by atoms with Crippen molar-refractivity contribution in [3.63, 3.8) is 0 Å². The van der Waals surface area contributed by atoms with Crippen molar-refractivity contribution in [1.82, 2.24) is 4.90 Å². The zero-order valence-electron chi connectivity index (χ0n) is 15.7. The number of carbonyl (C=O) groups excluding carboxylic acids is 1. The van der Waals surface area contributed by atoms with Crippen LogP contribution >= 0.6 is 0 Å². The maximum Gasteiger partial charge on any atom is 0.412 e. The van der Waals surface area contributed by atoms with Crippen molar-refractivity contribution in [2.24, 2.45) is 0 Å². The van der Waals surface area contributed by atoms with Gasteiger partial charge in [-0.3, -0.25) is 10.0 Å². The lowest BCUT2D eigenvalue weighted by molar-refractivity contribution is 0.0636. The molecular formula is C18H29N3O4S. The topological polar surface area (TPSA) is 87.7 Å². The van der Waals surface area contributed by atoms with E-state index in [9.17, 15) is 13.2 Å². The van der Waals surface area contributed by atoms with Gasteiger partial charge in [-0.2, -0.15) is 0 Å². The number of sulfonamides is 1. The SMILES string of the molecule is CC(C)(C)OC(=O)Nc1cccc(NS(=O)(=O)CCN2CCCCC2)c1. The quantitative estimate of drug-likeness (QED) is 0.787. The summed E-state index contributed by atoms with van der Waals surface area (Å²) in [5, 5.41) is 2.60. The van der Waals surface area contributed by atoms with Crippen molar-refractivity contribution in [1.29, 1.82) is 0 Å². The molecule has 0 radical (unpaired) electrons. The van der Waals surface area contributed by atoms with E-state index in [0.717, 1.165) is 25.9 Å². The number of nitrogens with one attached hydrogen (secondary N) is 2. The van der Waals surface area contributed by atoms with Crippen LogP contribution in [-0.2, 0) is 14.8 Å². The number of hydrogen-bond acceptors (Lipinski definition) is 5. The molecule has 1 fully saturated rings. The molecule has 1 aliphatic rings. The Bertz CT molecular complexity index is 707. The van der Waals surface area contributed by atoms with E-state index < -0.39 is 21.7 Å². The van der Waals surface area contributed by atoms with E-state index in [0.29, 0.717) is 17.9 Å². The van der Waals surface area contributed by atoms with Gasteiger partial charge in [0.2, 0.25) is 10.0 Å². The molecule has 2 rings (SSSR count). The van der Waals surface area contributed by atoms with E-state index in [2.05, 4.69) is 14.9 Å². The lowest BCUT2D eigenvalue weighted by Gasteiger charge is -2.26. The van der Waals surface area contributed by atoms with Crippen LogP contribution in [0.5, 0.6) is 0 Å². The Kier molecular flexibility index (Phi) is 6.88. The average Bonchev–Trinajstić information content (AvgIpc) is 2.52. The molecule has 1 heterocycles. The second-order valence-electron chi connectivity index (χ2n) is 7.53. The van der Waals surface area contributed by atoms with Gasteiger partial charge in [0.05, 0.1) is 11.4 Å². The lowest BCUT2D eigenvalue weighted by atomic mass is 10.1. The number of ether oxygens (including phenoxy) is 1. The van der Waals surface area contributed by atoms with Crippen LogP contribution in [0.3, 0.4) is 0 Å². The molecule has 0 saturated carbocycles. The van der Waals surface area contributed by atoms with Gasteiger partial charge in [0, 0.05) is 12.2 Å². The number of hydrogen-bond donors (Lipinski definition) is 2. The molecule has 146 valence electrons. The minimum absolute atomic E-state index is 0.0523. The smallest absolute Gasteiger partial charge is 0.412 e. The van der Waals surface area contributed by atoms with Crippen LogP contribution in [-0.4, -0.2) is 50.4 Å². The van der Waals surface area contributed by atoms with E-state index in [4.69, 9.17) is 4.74 Å². The highest BCUT2D eigenvalue weighted by Crippen LogP contribution is 2.18. The normalized spacial score (nSPS) is 16.1. The summed E-state index contributed by atoms with van der Waals surface area (Å²) in [5.74, 6) is 0.0523. The maximum atomic E-state index is 12.3.